The van der Waals surface area contributed by atoms with E-state index >= 15 is 0 Å². The van der Waals surface area contributed by atoms with Crippen molar-refractivity contribution >= 4 is 22.0 Å². The minimum atomic E-state index is -3.42. The smallest absolute Gasteiger partial charge is 0.244 e. The Kier molecular flexibility index (Phi) is 7.33. The Balaban J connectivity index is 1.99. The highest BCUT2D eigenvalue weighted by Gasteiger charge is 2.15. The summed E-state index contributed by atoms with van der Waals surface area (Å²) >= 11 is 0. The van der Waals surface area contributed by atoms with Gasteiger partial charge in [-0.3, -0.25) is 4.79 Å². The van der Waals surface area contributed by atoms with Crippen LogP contribution in [0, 0.1) is 6.92 Å². The molecule has 6 heteroatoms. The van der Waals surface area contributed by atoms with E-state index in [0.29, 0.717) is 5.56 Å². The third kappa shape index (κ3) is 7.37. The molecule has 1 amide bonds. The molecule has 0 radical (unpaired) electrons. The van der Waals surface area contributed by atoms with E-state index in [1.54, 1.807) is 32.1 Å². The Bertz CT molecular complexity index is 901. The largest absolute Gasteiger partial charge is 0.348 e. The quantitative estimate of drug-likeness (QED) is 0.685. The lowest BCUT2D eigenvalue weighted by Crippen LogP contribution is -2.31. The second-order valence-corrected chi connectivity index (χ2v) is 8.52. The zero-order valence-electron chi connectivity index (χ0n) is 15.9. The van der Waals surface area contributed by atoms with Gasteiger partial charge < -0.3 is 5.32 Å². The van der Waals surface area contributed by atoms with Crippen molar-refractivity contribution in [3.05, 3.63) is 76.9 Å². The van der Waals surface area contributed by atoms with Crippen LogP contribution in [0.2, 0.25) is 0 Å². The van der Waals surface area contributed by atoms with E-state index < -0.39 is 10.0 Å². The summed E-state index contributed by atoms with van der Waals surface area (Å²) in [7, 11) is -3.42. The molecule has 0 aliphatic heterocycles. The average Bonchev–Trinajstić information content (AvgIpc) is 2.59. The lowest BCUT2D eigenvalue weighted by molar-refractivity contribution is -0.116. The molecule has 0 bridgehead atoms. The fraction of sp³-hybridized carbons (Fsp3) is 0.286. The van der Waals surface area contributed by atoms with Crippen molar-refractivity contribution in [1.82, 2.24) is 10.0 Å². The van der Waals surface area contributed by atoms with E-state index in [0.717, 1.165) is 16.7 Å². The normalized spacial score (nSPS) is 11.9. The molecule has 0 heterocycles. The summed E-state index contributed by atoms with van der Waals surface area (Å²) in [6.45, 7) is 5.84. The fourth-order valence-corrected chi connectivity index (χ4v) is 4.06. The summed E-state index contributed by atoms with van der Waals surface area (Å²) in [5, 5.41) is 2.81. The van der Waals surface area contributed by atoms with Gasteiger partial charge in [-0.15, -0.1) is 0 Å². The first-order chi connectivity index (χ1) is 12.7. The molecule has 0 unspecified atom stereocenters. The molecule has 0 saturated carbocycles. The highest BCUT2D eigenvalue weighted by atomic mass is 32.2. The highest BCUT2D eigenvalue weighted by Crippen LogP contribution is 2.12. The Hall–Kier alpha value is -2.44. The summed E-state index contributed by atoms with van der Waals surface area (Å²) < 4.78 is 26.9. The Labute approximate surface area is 161 Å². The number of hydrogen-bond donors (Lipinski definition) is 2. The first-order valence-electron chi connectivity index (χ1n) is 8.84. The molecule has 2 aromatic rings. The molecule has 0 aromatic heterocycles. The van der Waals surface area contributed by atoms with Crippen LogP contribution in [0.15, 0.2) is 54.6 Å². The first kappa shape index (κ1) is 20.9. The molecular weight excluding hydrogens is 360 g/mol. The van der Waals surface area contributed by atoms with Gasteiger partial charge in [0.1, 0.15) is 0 Å². The standard InChI is InChI=1S/C21H26N2O3S/c1-16(2)23-27(25,26)15-20-7-5-4-6-19(20)14-22-21(24)13-12-18-10-8-17(3)9-11-18/h4-13,16,23H,14-15H2,1-3H3,(H,22,24)/b13-12+. The van der Waals surface area contributed by atoms with Gasteiger partial charge in [0.2, 0.25) is 15.9 Å². The maximum atomic E-state index is 12.2. The number of aryl methyl sites for hydroxylation is 1. The number of amides is 1. The summed E-state index contributed by atoms with van der Waals surface area (Å²) in [4.78, 5) is 12.1. The Morgan fingerprint density at radius 1 is 1.04 bits per heavy atom. The van der Waals surface area contributed by atoms with E-state index in [2.05, 4.69) is 10.0 Å². The van der Waals surface area contributed by atoms with E-state index in [1.807, 2.05) is 43.3 Å². The van der Waals surface area contributed by atoms with Crippen molar-refractivity contribution in [1.29, 1.82) is 0 Å². The van der Waals surface area contributed by atoms with E-state index in [9.17, 15) is 13.2 Å². The molecule has 0 aliphatic rings. The van der Waals surface area contributed by atoms with E-state index in [4.69, 9.17) is 0 Å². The van der Waals surface area contributed by atoms with Crippen LogP contribution in [0.5, 0.6) is 0 Å². The molecule has 27 heavy (non-hydrogen) atoms. The number of carbonyl (C=O) groups is 1. The van der Waals surface area contributed by atoms with Crippen LogP contribution in [-0.2, 0) is 27.1 Å². The molecule has 5 nitrogen and oxygen atoms in total. The predicted octanol–water partition coefficient (Wildman–Crippen LogP) is 3.15. The van der Waals surface area contributed by atoms with Crippen LogP contribution in [0.4, 0.5) is 0 Å². The lowest BCUT2D eigenvalue weighted by atomic mass is 10.1. The molecule has 2 N–H and O–H groups in total. The summed E-state index contributed by atoms with van der Waals surface area (Å²) in [6, 6.07) is 14.9. The molecule has 0 saturated heterocycles. The summed E-state index contributed by atoms with van der Waals surface area (Å²) in [5.41, 5.74) is 3.56. The number of rotatable bonds is 8. The molecular formula is C21H26N2O3S. The van der Waals surface area contributed by atoms with Gasteiger partial charge >= 0.3 is 0 Å². The zero-order chi connectivity index (χ0) is 19.9. The second kappa shape index (κ2) is 9.48. The van der Waals surface area contributed by atoms with Crippen molar-refractivity contribution in [2.75, 3.05) is 0 Å². The number of carbonyl (C=O) groups excluding carboxylic acids is 1. The third-order valence-electron chi connectivity index (χ3n) is 3.84. The lowest BCUT2D eigenvalue weighted by Gasteiger charge is -2.13. The van der Waals surface area contributed by atoms with E-state index in [-0.39, 0.29) is 24.2 Å². The van der Waals surface area contributed by atoms with Crippen LogP contribution < -0.4 is 10.0 Å². The van der Waals surface area contributed by atoms with Gasteiger partial charge in [-0.25, -0.2) is 13.1 Å². The average molecular weight is 387 g/mol. The minimum Gasteiger partial charge on any atom is -0.348 e. The Morgan fingerprint density at radius 2 is 1.67 bits per heavy atom. The van der Waals surface area contributed by atoms with Crippen molar-refractivity contribution in [3.8, 4) is 0 Å². The van der Waals surface area contributed by atoms with Crippen LogP contribution in [0.1, 0.15) is 36.1 Å². The SMILES string of the molecule is Cc1ccc(/C=C/C(=O)NCc2ccccc2CS(=O)(=O)NC(C)C)cc1. The van der Waals surface area contributed by atoms with Crippen molar-refractivity contribution in [2.45, 2.75) is 39.1 Å². The zero-order valence-corrected chi connectivity index (χ0v) is 16.7. The van der Waals surface area contributed by atoms with Gasteiger partial charge in [0.15, 0.2) is 0 Å². The molecule has 144 valence electrons. The predicted molar refractivity (Wildman–Crippen MR) is 109 cm³/mol. The maximum Gasteiger partial charge on any atom is 0.244 e. The van der Waals surface area contributed by atoms with Gasteiger partial charge in [0.05, 0.1) is 5.75 Å². The van der Waals surface area contributed by atoms with Gasteiger partial charge in [0, 0.05) is 18.7 Å². The van der Waals surface area contributed by atoms with E-state index in [1.165, 1.54) is 6.08 Å². The first-order valence-corrected chi connectivity index (χ1v) is 10.5. The number of hydrogen-bond acceptors (Lipinski definition) is 3. The van der Waals surface area contributed by atoms with Crippen molar-refractivity contribution in [3.63, 3.8) is 0 Å². The summed E-state index contributed by atoms with van der Waals surface area (Å²) in [5.74, 6) is -0.343. The van der Waals surface area contributed by atoms with Crippen LogP contribution in [-0.4, -0.2) is 20.4 Å². The molecule has 0 fully saturated rings. The number of nitrogens with one attached hydrogen (secondary N) is 2. The van der Waals surface area contributed by atoms with Crippen LogP contribution in [0.25, 0.3) is 6.08 Å². The van der Waals surface area contributed by atoms with Gasteiger partial charge in [-0.1, -0.05) is 54.1 Å². The van der Waals surface area contributed by atoms with Gasteiger partial charge in [-0.05, 0) is 43.5 Å². The van der Waals surface area contributed by atoms with Crippen LogP contribution in [0.3, 0.4) is 0 Å². The highest BCUT2D eigenvalue weighted by molar-refractivity contribution is 7.88. The fourth-order valence-electron chi connectivity index (χ4n) is 2.57. The summed E-state index contributed by atoms with van der Waals surface area (Å²) in [6.07, 6.45) is 3.22. The molecule has 0 spiro atoms. The van der Waals surface area contributed by atoms with Crippen molar-refractivity contribution < 1.29 is 13.2 Å². The van der Waals surface area contributed by atoms with Crippen molar-refractivity contribution in [2.24, 2.45) is 0 Å². The minimum absolute atomic E-state index is 0.115. The monoisotopic (exact) mass is 386 g/mol. The topological polar surface area (TPSA) is 75.3 Å². The molecule has 2 aromatic carbocycles. The number of benzene rings is 2. The molecule has 0 aliphatic carbocycles. The number of sulfonamides is 1. The second-order valence-electron chi connectivity index (χ2n) is 6.76. The van der Waals surface area contributed by atoms with Gasteiger partial charge in [0.25, 0.3) is 0 Å². The van der Waals surface area contributed by atoms with Gasteiger partial charge in [-0.2, -0.15) is 0 Å². The Morgan fingerprint density at radius 3 is 2.30 bits per heavy atom. The third-order valence-corrected chi connectivity index (χ3v) is 5.36. The maximum absolute atomic E-state index is 12.2. The molecule has 2 rings (SSSR count). The van der Waals surface area contributed by atoms with Crippen LogP contribution >= 0.6 is 0 Å². The molecule has 0 atom stereocenters.